The number of aromatic nitrogens is 1. The zero-order valence-electron chi connectivity index (χ0n) is 14.3. The molecule has 1 atom stereocenters. The summed E-state index contributed by atoms with van der Waals surface area (Å²) in [5.41, 5.74) is 4.08. The number of benzene rings is 2. The summed E-state index contributed by atoms with van der Waals surface area (Å²) < 4.78 is 0. The van der Waals surface area contributed by atoms with Crippen LogP contribution in [0.5, 0.6) is 0 Å². The first-order valence-corrected chi connectivity index (χ1v) is 9.35. The number of carbonyl (C=O) groups excluding carboxylic acids is 1. The van der Waals surface area contributed by atoms with Gasteiger partial charge in [-0.15, -0.1) is 11.8 Å². The molecule has 3 rings (SSSR count). The lowest BCUT2D eigenvalue weighted by Crippen LogP contribution is -3.08. The molecule has 0 aliphatic rings. The number of Topliss-reactive ketones (excluding diaryl/α,β-unsaturated/α-hetero) is 1. The maximum Gasteiger partial charge on any atom is 0.219 e. The Balaban J connectivity index is 1.72. The van der Waals surface area contributed by atoms with Gasteiger partial charge < -0.3 is 9.88 Å². The molecular weight excluding hydrogens is 316 g/mol. The first-order valence-electron chi connectivity index (χ1n) is 8.13. The summed E-state index contributed by atoms with van der Waals surface area (Å²) in [4.78, 5) is 18.6. The first-order chi connectivity index (χ1) is 11.6. The molecule has 1 unspecified atom stereocenters. The number of rotatable bonds is 6. The molecule has 0 saturated carbocycles. The van der Waals surface area contributed by atoms with Crippen LogP contribution in [0.2, 0.25) is 0 Å². The maximum absolute atomic E-state index is 12.8. The topological polar surface area (TPSA) is 37.3 Å². The normalized spacial score (nSPS) is 12.5. The van der Waals surface area contributed by atoms with E-state index >= 15 is 0 Å². The predicted molar refractivity (Wildman–Crippen MR) is 101 cm³/mol. The Kier molecular flexibility index (Phi) is 5.07. The fraction of sp³-hybridized carbons (Fsp3) is 0.250. The van der Waals surface area contributed by atoms with E-state index in [1.807, 2.05) is 31.2 Å². The van der Waals surface area contributed by atoms with Crippen molar-refractivity contribution in [2.75, 3.05) is 19.8 Å². The Hall–Kier alpha value is -2.04. The van der Waals surface area contributed by atoms with Gasteiger partial charge in [0.25, 0.3) is 0 Å². The fourth-order valence-electron chi connectivity index (χ4n) is 3.15. The van der Waals surface area contributed by atoms with E-state index in [2.05, 4.69) is 42.6 Å². The van der Waals surface area contributed by atoms with E-state index in [9.17, 15) is 4.79 Å². The van der Waals surface area contributed by atoms with E-state index in [-0.39, 0.29) is 5.78 Å². The monoisotopic (exact) mass is 339 g/mol. The number of thioether (sulfide) groups is 1. The van der Waals surface area contributed by atoms with Crippen LogP contribution in [0.15, 0.2) is 53.4 Å². The number of H-pyrrole nitrogens is 1. The second kappa shape index (κ2) is 7.24. The van der Waals surface area contributed by atoms with Crippen molar-refractivity contribution in [1.82, 2.24) is 4.98 Å². The highest BCUT2D eigenvalue weighted by Crippen LogP contribution is 2.21. The van der Waals surface area contributed by atoms with E-state index in [0.717, 1.165) is 28.7 Å². The van der Waals surface area contributed by atoms with Crippen LogP contribution in [-0.4, -0.2) is 30.6 Å². The van der Waals surface area contributed by atoms with Gasteiger partial charge in [-0.2, -0.15) is 0 Å². The number of hydrogen-bond acceptors (Lipinski definition) is 2. The lowest BCUT2D eigenvalue weighted by molar-refractivity contribution is -0.884. The second-order valence-corrected chi connectivity index (χ2v) is 7.13. The zero-order chi connectivity index (χ0) is 17.1. The van der Waals surface area contributed by atoms with Crippen LogP contribution in [0.25, 0.3) is 10.9 Å². The van der Waals surface area contributed by atoms with E-state index in [1.54, 1.807) is 11.8 Å². The number of quaternary nitrogens is 1. The van der Waals surface area contributed by atoms with E-state index in [1.165, 1.54) is 15.4 Å². The number of para-hydroxylation sites is 1. The number of carbonyl (C=O) groups is 1. The third-order valence-corrected chi connectivity index (χ3v) is 5.04. The summed E-state index contributed by atoms with van der Waals surface area (Å²) >= 11 is 1.74. The lowest BCUT2D eigenvalue weighted by atomic mass is 10.1. The van der Waals surface area contributed by atoms with Gasteiger partial charge in [0.05, 0.1) is 12.6 Å². The van der Waals surface area contributed by atoms with Gasteiger partial charge in [-0.05, 0) is 31.4 Å². The molecule has 124 valence electrons. The van der Waals surface area contributed by atoms with Gasteiger partial charge >= 0.3 is 0 Å². The van der Waals surface area contributed by atoms with Gasteiger partial charge in [0.1, 0.15) is 13.1 Å². The van der Waals surface area contributed by atoms with E-state index in [4.69, 9.17) is 0 Å². The summed E-state index contributed by atoms with van der Waals surface area (Å²) in [6.07, 6.45) is 2.08. The van der Waals surface area contributed by atoms with Crippen LogP contribution in [-0.2, 0) is 6.54 Å². The summed E-state index contributed by atoms with van der Waals surface area (Å²) in [6, 6.07) is 16.6. The summed E-state index contributed by atoms with van der Waals surface area (Å²) in [5, 5.41) is 1.03. The predicted octanol–water partition coefficient (Wildman–Crippen LogP) is 3.10. The lowest BCUT2D eigenvalue weighted by Gasteiger charge is -2.13. The standard InChI is InChI=1S/C20H22N2OS/c1-14-20(17-6-4-5-7-18(17)21-14)19(23)13-22(2)12-15-8-10-16(24-3)11-9-15/h4-11,21H,12-13H2,1-3H3/p+1. The fourth-order valence-corrected chi connectivity index (χ4v) is 3.56. The smallest absolute Gasteiger partial charge is 0.219 e. The maximum atomic E-state index is 12.8. The van der Waals surface area contributed by atoms with Crippen molar-refractivity contribution in [1.29, 1.82) is 0 Å². The second-order valence-electron chi connectivity index (χ2n) is 6.25. The van der Waals surface area contributed by atoms with Crippen molar-refractivity contribution in [3.8, 4) is 0 Å². The Morgan fingerprint density at radius 1 is 1.12 bits per heavy atom. The Morgan fingerprint density at radius 3 is 2.54 bits per heavy atom. The molecule has 0 spiro atoms. The number of hydrogen-bond donors (Lipinski definition) is 2. The Morgan fingerprint density at radius 2 is 1.83 bits per heavy atom. The van der Waals surface area contributed by atoms with Crippen molar-refractivity contribution >= 4 is 28.4 Å². The molecule has 0 amide bonds. The third kappa shape index (κ3) is 3.55. The molecule has 0 fully saturated rings. The number of aromatic amines is 1. The molecule has 0 aliphatic heterocycles. The molecule has 0 radical (unpaired) electrons. The molecule has 4 heteroatoms. The van der Waals surface area contributed by atoms with Crippen LogP contribution in [0.4, 0.5) is 0 Å². The molecule has 1 heterocycles. The van der Waals surface area contributed by atoms with Crippen LogP contribution >= 0.6 is 11.8 Å². The van der Waals surface area contributed by atoms with Gasteiger partial charge in [0.2, 0.25) is 5.78 Å². The minimum absolute atomic E-state index is 0.197. The SMILES string of the molecule is CSc1ccc(C[NH+](C)CC(=O)c2c(C)[nH]c3ccccc23)cc1. The van der Waals surface area contributed by atoms with Crippen LogP contribution in [0.1, 0.15) is 21.6 Å². The number of fused-ring (bicyclic) bond motifs is 1. The molecule has 3 aromatic rings. The van der Waals surface area contributed by atoms with Crippen molar-refractivity contribution in [2.45, 2.75) is 18.4 Å². The van der Waals surface area contributed by atoms with Gasteiger partial charge in [-0.3, -0.25) is 4.79 Å². The highest BCUT2D eigenvalue weighted by Gasteiger charge is 2.19. The highest BCUT2D eigenvalue weighted by molar-refractivity contribution is 7.98. The average molecular weight is 339 g/mol. The Labute approximate surface area is 147 Å². The van der Waals surface area contributed by atoms with E-state index < -0.39 is 0 Å². The summed E-state index contributed by atoms with van der Waals surface area (Å²) in [5.74, 6) is 0.197. The molecule has 0 bridgehead atoms. The quantitative estimate of drug-likeness (QED) is 0.535. The van der Waals surface area contributed by atoms with Crippen LogP contribution in [0, 0.1) is 6.92 Å². The van der Waals surface area contributed by atoms with Crippen LogP contribution < -0.4 is 4.90 Å². The number of aryl methyl sites for hydroxylation is 1. The van der Waals surface area contributed by atoms with E-state index in [0.29, 0.717) is 6.54 Å². The van der Waals surface area contributed by atoms with Gasteiger partial charge in [0, 0.05) is 27.1 Å². The van der Waals surface area contributed by atoms with Gasteiger partial charge in [0.15, 0.2) is 0 Å². The molecule has 3 nitrogen and oxygen atoms in total. The molecule has 24 heavy (non-hydrogen) atoms. The van der Waals surface area contributed by atoms with Gasteiger partial charge in [-0.1, -0.05) is 30.3 Å². The van der Waals surface area contributed by atoms with Crippen molar-refractivity contribution in [3.63, 3.8) is 0 Å². The minimum atomic E-state index is 0.197. The molecular formula is C20H23N2OS+. The number of nitrogens with one attached hydrogen (secondary N) is 2. The van der Waals surface area contributed by atoms with Crippen molar-refractivity contribution in [2.24, 2.45) is 0 Å². The number of likely N-dealkylation sites (N-methyl/N-ethyl adjacent to an activating group) is 1. The molecule has 1 aromatic heterocycles. The molecule has 2 aromatic carbocycles. The third-order valence-electron chi connectivity index (χ3n) is 4.30. The first kappa shape index (κ1) is 16.8. The largest absolute Gasteiger partial charge is 0.358 e. The summed E-state index contributed by atoms with van der Waals surface area (Å²) in [6.45, 7) is 3.32. The number of ketones is 1. The molecule has 0 aliphatic carbocycles. The molecule has 0 saturated heterocycles. The van der Waals surface area contributed by atoms with Crippen LogP contribution in [0.3, 0.4) is 0 Å². The van der Waals surface area contributed by atoms with Crippen molar-refractivity contribution in [3.05, 3.63) is 65.4 Å². The zero-order valence-corrected chi connectivity index (χ0v) is 15.2. The van der Waals surface area contributed by atoms with Gasteiger partial charge in [-0.25, -0.2) is 0 Å². The summed E-state index contributed by atoms with van der Waals surface area (Å²) in [7, 11) is 2.07. The molecule has 2 N–H and O–H groups in total. The minimum Gasteiger partial charge on any atom is -0.358 e. The van der Waals surface area contributed by atoms with Crippen molar-refractivity contribution < 1.29 is 9.69 Å². The average Bonchev–Trinajstić information content (AvgIpc) is 2.91. The Bertz CT molecular complexity index is 852. The highest BCUT2D eigenvalue weighted by atomic mass is 32.2.